The van der Waals surface area contributed by atoms with Gasteiger partial charge in [-0.1, -0.05) is 11.6 Å². The second-order valence-electron chi connectivity index (χ2n) is 2.48. The molecule has 5 heteroatoms. The molecule has 0 unspecified atom stereocenters. The highest BCUT2D eigenvalue weighted by Crippen LogP contribution is 2.46. The molecule has 14 heavy (non-hydrogen) atoms. The maximum Gasteiger partial charge on any atom is 0.158 e. The fourth-order valence-electron chi connectivity index (χ4n) is 1.11. The average Bonchev–Trinajstić information content (AvgIpc) is 2.20. The molecule has 0 fully saturated rings. The number of ether oxygens (including phenoxy) is 2. The number of aromatic hydroxyl groups is 1. The number of phenolic OH excluding ortho intramolecular Hbond substituents is 1. The van der Waals surface area contributed by atoms with Crippen LogP contribution in [0.2, 0.25) is 5.02 Å². The summed E-state index contributed by atoms with van der Waals surface area (Å²) < 4.78 is 10.1. The van der Waals surface area contributed by atoms with Crippen molar-refractivity contribution in [1.29, 1.82) is 0 Å². The monoisotopic (exact) mass is 234 g/mol. The zero-order chi connectivity index (χ0) is 10.7. The maximum atomic E-state index is 9.62. The fourth-order valence-corrected chi connectivity index (χ4v) is 2.11. The molecule has 0 aliphatic heterocycles. The second-order valence-corrected chi connectivity index (χ2v) is 3.67. The minimum absolute atomic E-state index is 0.107. The lowest BCUT2D eigenvalue weighted by Gasteiger charge is -2.13. The van der Waals surface area contributed by atoms with E-state index in [0.717, 1.165) is 0 Å². The molecule has 0 heterocycles. The number of thioether (sulfide) groups is 1. The number of methoxy groups -OCH3 is 2. The van der Waals surface area contributed by atoms with Crippen LogP contribution < -0.4 is 9.47 Å². The Labute approximate surface area is 92.0 Å². The second kappa shape index (κ2) is 4.66. The summed E-state index contributed by atoms with van der Waals surface area (Å²) in [5, 5.41) is 9.99. The summed E-state index contributed by atoms with van der Waals surface area (Å²) in [5.74, 6) is 0.949. The number of benzene rings is 1. The van der Waals surface area contributed by atoms with Gasteiger partial charge < -0.3 is 14.6 Å². The van der Waals surface area contributed by atoms with E-state index in [1.54, 1.807) is 0 Å². The van der Waals surface area contributed by atoms with Gasteiger partial charge in [0.15, 0.2) is 5.75 Å². The van der Waals surface area contributed by atoms with Crippen LogP contribution >= 0.6 is 23.4 Å². The molecular weight excluding hydrogens is 224 g/mol. The van der Waals surface area contributed by atoms with Crippen LogP contribution in [0.5, 0.6) is 17.2 Å². The van der Waals surface area contributed by atoms with Crippen LogP contribution in [0.1, 0.15) is 0 Å². The summed E-state index contributed by atoms with van der Waals surface area (Å²) in [5.41, 5.74) is 0. The lowest BCUT2D eigenvalue weighted by atomic mass is 10.3. The number of rotatable bonds is 3. The highest BCUT2D eigenvalue weighted by atomic mass is 35.5. The summed E-state index contributed by atoms with van der Waals surface area (Å²) >= 11 is 7.36. The molecule has 0 atom stereocenters. The van der Waals surface area contributed by atoms with Gasteiger partial charge in [0.1, 0.15) is 16.5 Å². The predicted molar refractivity (Wildman–Crippen MR) is 58.0 cm³/mol. The third kappa shape index (κ3) is 1.86. The first-order valence-corrected chi connectivity index (χ1v) is 5.43. The van der Waals surface area contributed by atoms with Crippen molar-refractivity contribution in [3.8, 4) is 17.2 Å². The lowest BCUT2D eigenvalue weighted by molar-refractivity contribution is 0.373. The van der Waals surface area contributed by atoms with Gasteiger partial charge in [-0.2, -0.15) is 0 Å². The summed E-state index contributed by atoms with van der Waals surface area (Å²) in [7, 11) is 2.98. The first-order valence-electron chi connectivity index (χ1n) is 3.83. The van der Waals surface area contributed by atoms with Crippen LogP contribution in [0.3, 0.4) is 0 Å². The van der Waals surface area contributed by atoms with Crippen molar-refractivity contribution in [2.75, 3.05) is 20.5 Å². The molecule has 1 aromatic carbocycles. The molecule has 1 rings (SSSR count). The van der Waals surface area contributed by atoms with Gasteiger partial charge in [0.2, 0.25) is 0 Å². The molecule has 0 amide bonds. The molecule has 0 saturated carbocycles. The van der Waals surface area contributed by atoms with Crippen LogP contribution in [0, 0.1) is 0 Å². The smallest absolute Gasteiger partial charge is 0.158 e. The standard InChI is InChI=1S/C9H11ClO3S/c1-12-6-4-5(11)9(14-3)8(13-2)7(6)10/h4,11H,1-3H3. The molecule has 0 aliphatic rings. The van der Waals surface area contributed by atoms with Crippen LogP contribution in [0.4, 0.5) is 0 Å². The zero-order valence-electron chi connectivity index (χ0n) is 8.13. The summed E-state index contributed by atoms with van der Waals surface area (Å²) in [6, 6.07) is 1.47. The van der Waals surface area contributed by atoms with Crippen LogP contribution in [-0.4, -0.2) is 25.6 Å². The topological polar surface area (TPSA) is 38.7 Å². The molecular formula is C9H11ClO3S. The highest BCUT2D eigenvalue weighted by Gasteiger charge is 2.17. The molecule has 0 radical (unpaired) electrons. The SMILES string of the molecule is COc1cc(O)c(SC)c(OC)c1Cl. The molecule has 78 valence electrons. The largest absolute Gasteiger partial charge is 0.506 e. The van der Waals surface area contributed by atoms with E-state index in [9.17, 15) is 5.11 Å². The van der Waals surface area contributed by atoms with E-state index >= 15 is 0 Å². The van der Waals surface area contributed by atoms with Crippen LogP contribution in [-0.2, 0) is 0 Å². The predicted octanol–water partition coefficient (Wildman–Crippen LogP) is 2.78. The van der Waals surface area contributed by atoms with Gasteiger partial charge >= 0.3 is 0 Å². The number of phenols is 1. The Hall–Kier alpha value is -0.740. The van der Waals surface area contributed by atoms with Crippen molar-refractivity contribution >= 4 is 23.4 Å². The number of hydrogen-bond acceptors (Lipinski definition) is 4. The Morgan fingerprint density at radius 3 is 2.43 bits per heavy atom. The highest BCUT2D eigenvalue weighted by molar-refractivity contribution is 7.98. The molecule has 0 spiro atoms. The Balaban J connectivity index is 3.40. The molecule has 1 aromatic rings. The maximum absolute atomic E-state index is 9.62. The first-order chi connectivity index (χ1) is 6.65. The molecule has 0 aliphatic carbocycles. The van der Waals surface area contributed by atoms with Crippen molar-refractivity contribution in [1.82, 2.24) is 0 Å². The molecule has 0 bridgehead atoms. The summed E-state index contributed by atoms with van der Waals surface area (Å²) in [6.07, 6.45) is 1.83. The van der Waals surface area contributed by atoms with E-state index in [-0.39, 0.29) is 5.75 Å². The minimum atomic E-state index is 0.107. The van der Waals surface area contributed by atoms with Crippen molar-refractivity contribution in [2.45, 2.75) is 4.90 Å². The molecule has 3 nitrogen and oxygen atoms in total. The van der Waals surface area contributed by atoms with Crippen molar-refractivity contribution in [3.63, 3.8) is 0 Å². The van der Waals surface area contributed by atoms with Crippen LogP contribution in [0.25, 0.3) is 0 Å². The van der Waals surface area contributed by atoms with Gasteiger partial charge in [-0.25, -0.2) is 0 Å². The lowest BCUT2D eigenvalue weighted by Crippen LogP contribution is -1.92. The van der Waals surface area contributed by atoms with E-state index in [0.29, 0.717) is 21.4 Å². The summed E-state index contributed by atoms with van der Waals surface area (Å²) in [6.45, 7) is 0. The van der Waals surface area contributed by atoms with E-state index in [2.05, 4.69) is 0 Å². The molecule has 0 saturated heterocycles. The third-order valence-electron chi connectivity index (χ3n) is 1.75. The number of hydrogen-bond donors (Lipinski definition) is 1. The van der Waals surface area contributed by atoms with E-state index in [4.69, 9.17) is 21.1 Å². The van der Waals surface area contributed by atoms with Crippen molar-refractivity contribution < 1.29 is 14.6 Å². The quantitative estimate of drug-likeness (QED) is 0.817. The zero-order valence-corrected chi connectivity index (χ0v) is 9.70. The van der Waals surface area contributed by atoms with Gasteiger partial charge in [-0.3, -0.25) is 0 Å². The van der Waals surface area contributed by atoms with Gasteiger partial charge in [-0.05, 0) is 6.26 Å². The Morgan fingerprint density at radius 1 is 1.36 bits per heavy atom. The minimum Gasteiger partial charge on any atom is -0.506 e. The Kier molecular flexibility index (Phi) is 3.77. The Bertz CT molecular complexity index is 341. The van der Waals surface area contributed by atoms with Gasteiger partial charge in [0.05, 0.1) is 19.1 Å². The van der Waals surface area contributed by atoms with Crippen molar-refractivity contribution in [3.05, 3.63) is 11.1 Å². The van der Waals surface area contributed by atoms with E-state index < -0.39 is 0 Å². The van der Waals surface area contributed by atoms with Gasteiger partial charge in [0.25, 0.3) is 0 Å². The van der Waals surface area contributed by atoms with Crippen molar-refractivity contribution in [2.24, 2.45) is 0 Å². The van der Waals surface area contributed by atoms with Crippen LogP contribution in [0.15, 0.2) is 11.0 Å². The third-order valence-corrected chi connectivity index (χ3v) is 2.91. The number of halogens is 1. The average molecular weight is 235 g/mol. The molecule has 1 N–H and O–H groups in total. The van der Waals surface area contributed by atoms with Gasteiger partial charge in [-0.15, -0.1) is 11.8 Å². The van der Waals surface area contributed by atoms with E-state index in [1.807, 2.05) is 6.26 Å². The normalized spacial score (nSPS) is 10.0. The van der Waals surface area contributed by atoms with Gasteiger partial charge in [0, 0.05) is 6.07 Å². The first kappa shape index (κ1) is 11.3. The molecule has 0 aromatic heterocycles. The van der Waals surface area contributed by atoms with E-state index in [1.165, 1.54) is 32.0 Å². The summed E-state index contributed by atoms with van der Waals surface area (Å²) in [4.78, 5) is 0.610. The fraction of sp³-hybridized carbons (Fsp3) is 0.333. The Morgan fingerprint density at radius 2 is 2.00 bits per heavy atom.